The minimum Gasteiger partial charge on any atom is -0.323 e. The van der Waals surface area contributed by atoms with Gasteiger partial charge >= 0.3 is 0 Å². The van der Waals surface area contributed by atoms with Gasteiger partial charge in [-0.3, -0.25) is 0 Å². The molecule has 110 valence electrons. The molecule has 0 aromatic carbocycles. The summed E-state index contributed by atoms with van der Waals surface area (Å²) in [6.07, 6.45) is 0. The van der Waals surface area contributed by atoms with E-state index >= 15 is 0 Å². The lowest BCUT2D eigenvalue weighted by molar-refractivity contribution is 0.323. The average molecular weight is 282 g/mol. The second-order valence-corrected chi connectivity index (χ2v) is 8.98. The molecule has 0 spiro atoms. The second-order valence-electron chi connectivity index (χ2n) is 7.55. The first-order valence-electron chi connectivity index (χ1n) is 7.03. The van der Waals surface area contributed by atoms with E-state index < -0.39 is 0 Å². The molecule has 0 amide bonds. The monoisotopic (exact) mass is 282 g/mol. The summed E-state index contributed by atoms with van der Waals surface area (Å²) in [4.78, 5) is 2.76. The minimum absolute atomic E-state index is 0.0919. The summed E-state index contributed by atoms with van der Waals surface area (Å²) in [5.74, 6) is 0. The number of nitrogens with one attached hydrogen (secondary N) is 1. The second kappa shape index (κ2) is 5.55. The number of nitrogens with two attached hydrogens (primary N) is 1. The van der Waals surface area contributed by atoms with Crippen molar-refractivity contribution in [3.05, 3.63) is 20.9 Å². The van der Waals surface area contributed by atoms with Crippen LogP contribution < -0.4 is 11.1 Å². The van der Waals surface area contributed by atoms with Crippen LogP contribution in [0.25, 0.3) is 0 Å². The Hall–Kier alpha value is -0.380. The highest BCUT2D eigenvalue weighted by molar-refractivity contribution is 7.12. The molecule has 1 atom stereocenters. The summed E-state index contributed by atoms with van der Waals surface area (Å²) in [5.41, 5.74) is 9.48. The van der Waals surface area contributed by atoms with Gasteiger partial charge < -0.3 is 11.1 Å². The van der Waals surface area contributed by atoms with Crippen LogP contribution >= 0.6 is 11.3 Å². The van der Waals surface area contributed by atoms with Crippen molar-refractivity contribution in [2.75, 3.05) is 0 Å². The molecule has 0 saturated carbocycles. The Morgan fingerprint density at radius 3 is 2.00 bits per heavy atom. The normalized spacial score (nSPS) is 14.8. The van der Waals surface area contributed by atoms with E-state index in [2.05, 4.69) is 60.7 Å². The summed E-state index contributed by atoms with van der Waals surface area (Å²) >= 11 is 1.87. The Labute approximate surface area is 122 Å². The summed E-state index contributed by atoms with van der Waals surface area (Å²) in [7, 11) is 0. The first kappa shape index (κ1) is 16.7. The van der Waals surface area contributed by atoms with E-state index in [9.17, 15) is 0 Å². The van der Waals surface area contributed by atoms with Crippen molar-refractivity contribution in [1.29, 1.82) is 0 Å². The Bertz CT molecular complexity index is 433. The van der Waals surface area contributed by atoms with Crippen molar-refractivity contribution in [3.8, 4) is 0 Å². The molecule has 1 rings (SSSR count). The van der Waals surface area contributed by atoms with E-state index in [1.54, 1.807) is 0 Å². The smallest absolute Gasteiger partial charge is 0.0358 e. The number of hydrogen-bond acceptors (Lipinski definition) is 3. The maximum absolute atomic E-state index is 6.51. The predicted molar refractivity (Wildman–Crippen MR) is 86.8 cm³/mol. The van der Waals surface area contributed by atoms with Gasteiger partial charge in [0, 0.05) is 27.9 Å². The van der Waals surface area contributed by atoms with Crippen molar-refractivity contribution in [3.63, 3.8) is 0 Å². The molecule has 0 aliphatic heterocycles. The maximum atomic E-state index is 6.51. The minimum atomic E-state index is 0.0919. The SMILES string of the molecule is Cc1sc(C)c(C(N)C(C)(C)C)c1CNC(C)(C)C. The van der Waals surface area contributed by atoms with Crippen molar-refractivity contribution in [2.24, 2.45) is 11.1 Å². The van der Waals surface area contributed by atoms with E-state index in [0.717, 1.165) is 6.54 Å². The standard InChI is InChI=1S/C16H30N2S/c1-10-12(9-18-16(6,7)8)13(11(2)19-10)14(17)15(3,4)5/h14,18H,9,17H2,1-8H3. The van der Waals surface area contributed by atoms with Crippen LogP contribution in [0.3, 0.4) is 0 Å². The zero-order chi connectivity index (χ0) is 15.0. The van der Waals surface area contributed by atoms with Crippen molar-refractivity contribution >= 4 is 11.3 Å². The molecule has 0 bridgehead atoms. The van der Waals surface area contributed by atoms with Crippen LogP contribution in [0.1, 0.15) is 68.5 Å². The third-order valence-corrected chi connectivity index (χ3v) is 4.55. The fourth-order valence-corrected chi connectivity index (χ4v) is 3.29. The van der Waals surface area contributed by atoms with E-state index in [1.165, 1.54) is 20.9 Å². The molecule has 1 aromatic rings. The van der Waals surface area contributed by atoms with Crippen LogP contribution in [0, 0.1) is 19.3 Å². The fourth-order valence-electron chi connectivity index (χ4n) is 2.16. The first-order chi connectivity index (χ1) is 8.43. The van der Waals surface area contributed by atoms with Gasteiger partial charge in [0.25, 0.3) is 0 Å². The zero-order valence-electron chi connectivity index (χ0n) is 13.8. The number of thiophene rings is 1. The predicted octanol–water partition coefficient (Wildman–Crippen LogP) is 4.30. The molecule has 0 radical (unpaired) electrons. The van der Waals surface area contributed by atoms with Gasteiger partial charge in [-0.05, 0) is 51.2 Å². The lowest BCUT2D eigenvalue weighted by atomic mass is 9.81. The van der Waals surface area contributed by atoms with Crippen LogP contribution in [-0.4, -0.2) is 5.54 Å². The van der Waals surface area contributed by atoms with Crippen molar-refractivity contribution in [2.45, 2.75) is 73.5 Å². The highest BCUT2D eigenvalue weighted by Gasteiger charge is 2.28. The summed E-state index contributed by atoms with van der Waals surface area (Å²) in [6.45, 7) is 18.5. The van der Waals surface area contributed by atoms with Crippen LogP contribution in [0.2, 0.25) is 0 Å². The summed E-state index contributed by atoms with van der Waals surface area (Å²) in [5, 5.41) is 3.59. The lowest BCUT2D eigenvalue weighted by Crippen LogP contribution is -2.36. The number of aryl methyl sites for hydroxylation is 2. The Morgan fingerprint density at radius 1 is 1.05 bits per heavy atom. The Kier molecular flexibility index (Phi) is 4.87. The molecule has 0 aliphatic rings. The van der Waals surface area contributed by atoms with Crippen LogP contribution in [0.4, 0.5) is 0 Å². The van der Waals surface area contributed by atoms with E-state index in [4.69, 9.17) is 5.73 Å². The molecule has 0 aliphatic carbocycles. The van der Waals surface area contributed by atoms with E-state index in [1.807, 2.05) is 11.3 Å². The van der Waals surface area contributed by atoms with E-state index in [-0.39, 0.29) is 17.0 Å². The van der Waals surface area contributed by atoms with Gasteiger partial charge in [-0.25, -0.2) is 0 Å². The number of rotatable bonds is 3. The molecule has 3 N–H and O–H groups in total. The van der Waals surface area contributed by atoms with Crippen molar-refractivity contribution < 1.29 is 0 Å². The molecule has 19 heavy (non-hydrogen) atoms. The molecule has 1 aromatic heterocycles. The molecule has 0 saturated heterocycles. The quantitative estimate of drug-likeness (QED) is 0.867. The third-order valence-electron chi connectivity index (χ3n) is 3.48. The van der Waals surface area contributed by atoms with Crippen molar-refractivity contribution in [1.82, 2.24) is 5.32 Å². The fraction of sp³-hybridized carbons (Fsp3) is 0.750. The third kappa shape index (κ3) is 4.30. The Balaban J connectivity index is 3.11. The van der Waals surface area contributed by atoms with Gasteiger partial charge in [0.2, 0.25) is 0 Å². The van der Waals surface area contributed by atoms with Crippen LogP contribution in [0.15, 0.2) is 0 Å². The van der Waals surface area contributed by atoms with E-state index in [0.29, 0.717) is 0 Å². The maximum Gasteiger partial charge on any atom is 0.0358 e. The van der Waals surface area contributed by atoms with Gasteiger partial charge in [-0.1, -0.05) is 20.8 Å². The highest BCUT2D eigenvalue weighted by atomic mass is 32.1. The molecule has 0 fully saturated rings. The zero-order valence-corrected chi connectivity index (χ0v) is 14.6. The molecule has 1 unspecified atom stereocenters. The van der Waals surface area contributed by atoms with Gasteiger partial charge in [0.05, 0.1) is 0 Å². The van der Waals surface area contributed by atoms with Gasteiger partial charge in [-0.2, -0.15) is 0 Å². The highest BCUT2D eigenvalue weighted by Crippen LogP contribution is 2.39. The first-order valence-corrected chi connectivity index (χ1v) is 7.84. The Morgan fingerprint density at radius 2 is 1.58 bits per heavy atom. The van der Waals surface area contributed by atoms with Gasteiger partial charge in [-0.15, -0.1) is 11.3 Å². The van der Waals surface area contributed by atoms with Crippen LogP contribution in [-0.2, 0) is 6.54 Å². The largest absolute Gasteiger partial charge is 0.323 e. The van der Waals surface area contributed by atoms with Crippen LogP contribution in [0.5, 0.6) is 0 Å². The molecular weight excluding hydrogens is 252 g/mol. The molecular formula is C16H30N2S. The number of hydrogen-bond donors (Lipinski definition) is 2. The molecule has 3 heteroatoms. The summed E-state index contributed by atoms with van der Waals surface area (Å²) in [6, 6.07) is 0.0919. The average Bonchev–Trinajstić information content (AvgIpc) is 2.46. The lowest BCUT2D eigenvalue weighted by Gasteiger charge is -2.29. The van der Waals surface area contributed by atoms with Gasteiger partial charge in [0.15, 0.2) is 0 Å². The molecule has 1 heterocycles. The topological polar surface area (TPSA) is 38.0 Å². The summed E-state index contributed by atoms with van der Waals surface area (Å²) < 4.78 is 0. The molecule has 2 nitrogen and oxygen atoms in total. The van der Waals surface area contributed by atoms with Gasteiger partial charge in [0.1, 0.15) is 0 Å².